The number of rotatable bonds is 22. The van der Waals surface area contributed by atoms with Crippen LogP contribution in [0.2, 0.25) is 0 Å². The lowest BCUT2D eigenvalue weighted by atomic mass is 9.85. The zero-order valence-corrected chi connectivity index (χ0v) is 48.2. The quantitative estimate of drug-likeness (QED) is 0.0432. The van der Waals surface area contributed by atoms with Gasteiger partial charge in [0.05, 0.1) is 60.8 Å². The summed E-state index contributed by atoms with van der Waals surface area (Å²) in [5.74, 6) is -1.60. The van der Waals surface area contributed by atoms with Gasteiger partial charge in [0.1, 0.15) is 24.4 Å². The zero-order chi connectivity index (χ0) is 57.3. The maximum atomic E-state index is 14.1. The van der Waals surface area contributed by atoms with Crippen LogP contribution in [-0.2, 0) is 41.7 Å². The summed E-state index contributed by atoms with van der Waals surface area (Å²) in [7, 11) is 0. The van der Waals surface area contributed by atoms with E-state index in [1.165, 1.54) is 4.90 Å². The molecule has 426 valence electrons. The van der Waals surface area contributed by atoms with E-state index in [1.807, 2.05) is 128 Å². The van der Waals surface area contributed by atoms with Crippen molar-refractivity contribution in [3.8, 4) is 32.8 Å². The molecule has 0 saturated carbocycles. The highest BCUT2D eigenvalue weighted by Crippen LogP contribution is 2.35. The molecule has 3 aromatic carbocycles. The molecule has 0 radical (unpaired) electrons. The number of H-pyrrole nitrogens is 1. The van der Waals surface area contributed by atoms with Crippen LogP contribution in [-0.4, -0.2) is 136 Å². The molecular formula is C60H76N10O9S. The van der Waals surface area contributed by atoms with Gasteiger partial charge in [0.25, 0.3) is 11.5 Å². The molecule has 80 heavy (non-hydrogen) atoms. The van der Waals surface area contributed by atoms with Gasteiger partial charge in [-0.05, 0) is 111 Å². The summed E-state index contributed by atoms with van der Waals surface area (Å²) in [6.45, 7) is 20.1. The Morgan fingerprint density at radius 1 is 0.912 bits per heavy atom. The monoisotopic (exact) mass is 1110 g/mol. The fourth-order valence-corrected chi connectivity index (χ4v) is 11.3. The SMILES string of the molecule is CCN(c1cc(-c2ccc(-c3cn(CCOCCOCC(=O)NC(C(=O)N4C[C@H](O)C[C@H]4C(=O)NC(C)c4ccc(-c5scnc5C)cc4)C(C)(C)C)nn3)cc2)cc(C(=O)NCc2c(C)cc(C)[nH]c2=O)c1C)C1CCOCC1. The number of benzene rings is 3. The van der Waals surface area contributed by atoms with E-state index < -0.39 is 35.4 Å². The third-order valence-electron chi connectivity index (χ3n) is 15.0. The van der Waals surface area contributed by atoms with Gasteiger partial charge in [-0.25, -0.2) is 9.67 Å². The Labute approximate surface area is 471 Å². The van der Waals surface area contributed by atoms with Crippen LogP contribution in [0.4, 0.5) is 5.69 Å². The number of amides is 4. The number of thiazole rings is 1. The number of aromatic nitrogens is 5. The standard InChI is InChI=1S/C60H76N10O9S/c1-10-69(46-19-22-77-23-20-46)51-29-45(28-48(38(51)4)56(73)61-31-49-36(2)27-37(3)63-57(49)74)42-13-15-43(16-14-42)50-33-68(67-66-50)21-24-78-25-26-79-34-53(72)65-55(60(7,8)9)59(76)70-32-47(71)30-52(70)58(75)64-39(5)41-11-17-44(18-12-41)54-40(6)62-35-80-54/h11-18,27-29,33,35,39,46-47,52,55,71H,10,19-26,30-32,34H2,1-9H3,(H,61,73)(H,63,74)(H,64,75)(H,65,72)/t39?,47-,52+,55?/m1/s1. The van der Waals surface area contributed by atoms with Gasteiger partial charge in [-0.1, -0.05) is 74.5 Å². The molecule has 2 unspecified atom stereocenters. The smallest absolute Gasteiger partial charge is 0.253 e. The van der Waals surface area contributed by atoms with Gasteiger partial charge in [0.15, 0.2) is 0 Å². The number of hydrogen-bond donors (Lipinski definition) is 5. The Morgan fingerprint density at radius 2 is 1.61 bits per heavy atom. The van der Waals surface area contributed by atoms with Crippen molar-refractivity contribution in [3.05, 3.63) is 128 Å². The maximum Gasteiger partial charge on any atom is 0.253 e. The molecule has 5 heterocycles. The van der Waals surface area contributed by atoms with Crippen LogP contribution in [0, 0.1) is 33.1 Å². The van der Waals surface area contributed by atoms with Crippen molar-refractivity contribution in [1.29, 1.82) is 0 Å². The van der Waals surface area contributed by atoms with E-state index in [9.17, 15) is 29.1 Å². The summed E-state index contributed by atoms with van der Waals surface area (Å²) in [5.41, 5.74) is 11.6. The predicted octanol–water partition coefficient (Wildman–Crippen LogP) is 7.00. The number of likely N-dealkylation sites (tertiary alicyclic amines) is 1. The second-order valence-electron chi connectivity index (χ2n) is 21.9. The van der Waals surface area contributed by atoms with Gasteiger partial charge in [-0.15, -0.1) is 16.4 Å². The number of nitrogens with zero attached hydrogens (tertiary/aromatic N) is 6. The molecule has 0 bridgehead atoms. The molecular weight excluding hydrogens is 1040 g/mol. The van der Waals surface area contributed by atoms with Crippen molar-refractivity contribution >= 4 is 40.7 Å². The number of aromatic amines is 1. The molecule has 2 aliphatic rings. The Morgan fingerprint density at radius 3 is 2.29 bits per heavy atom. The van der Waals surface area contributed by atoms with E-state index in [-0.39, 0.29) is 68.8 Å². The highest BCUT2D eigenvalue weighted by molar-refractivity contribution is 7.13. The minimum Gasteiger partial charge on any atom is -0.391 e. The van der Waals surface area contributed by atoms with Crippen molar-refractivity contribution in [1.82, 2.24) is 45.8 Å². The molecule has 6 aromatic rings. The molecule has 3 aromatic heterocycles. The Hall–Kier alpha value is -7.10. The topological polar surface area (TPSA) is 235 Å². The summed E-state index contributed by atoms with van der Waals surface area (Å²) in [6.07, 6.45) is 2.81. The summed E-state index contributed by atoms with van der Waals surface area (Å²) in [4.78, 5) is 79.9. The molecule has 4 amide bonds. The lowest BCUT2D eigenvalue weighted by molar-refractivity contribution is -0.144. The van der Waals surface area contributed by atoms with E-state index in [0.29, 0.717) is 43.2 Å². The molecule has 19 nitrogen and oxygen atoms in total. The number of aryl methyl sites for hydroxylation is 3. The van der Waals surface area contributed by atoms with Crippen LogP contribution in [0.25, 0.3) is 32.8 Å². The average Bonchev–Trinajstić information content (AvgIpc) is 4.22. The Bertz CT molecular complexity index is 3180. The summed E-state index contributed by atoms with van der Waals surface area (Å²) in [6, 6.07) is 19.9. The van der Waals surface area contributed by atoms with Gasteiger partial charge in [0.2, 0.25) is 17.7 Å². The highest BCUT2D eigenvalue weighted by atomic mass is 32.1. The van der Waals surface area contributed by atoms with Crippen molar-refractivity contribution in [2.45, 2.75) is 125 Å². The zero-order valence-electron chi connectivity index (χ0n) is 47.4. The minimum absolute atomic E-state index is 0.0355. The van der Waals surface area contributed by atoms with Crippen molar-refractivity contribution in [3.63, 3.8) is 0 Å². The number of pyridine rings is 1. The fourth-order valence-electron chi connectivity index (χ4n) is 10.5. The largest absolute Gasteiger partial charge is 0.391 e. The molecule has 2 fully saturated rings. The number of carbonyl (C=O) groups is 4. The van der Waals surface area contributed by atoms with Crippen LogP contribution in [0.15, 0.2) is 83.2 Å². The number of aliphatic hydroxyl groups is 1. The first-order chi connectivity index (χ1) is 38.3. The third-order valence-corrected chi connectivity index (χ3v) is 16.0. The lowest BCUT2D eigenvalue weighted by Crippen LogP contribution is -2.58. The van der Waals surface area contributed by atoms with Crippen LogP contribution in [0.5, 0.6) is 0 Å². The Kier molecular flexibility index (Phi) is 19.5. The second-order valence-corrected chi connectivity index (χ2v) is 22.8. The molecule has 5 N–H and O–H groups in total. The summed E-state index contributed by atoms with van der Waals surface area (Å²) in [5, 5.41) is 28.3. The van der Waals surface area contributed by atoms with Crippen LogP contribution >= 0.6 is 11.3 Å². The first-order valence-corrected chi connectivity index (χ1v) is 28.4. The molecule has 0 aliphatic carbocycles. The van der Waals surface area contributed by atoms with E-state index in [1.54, 1.807) is 16.0 Å². The number of β-amino-alcohol motifs (C(OH)–C–C–N with tert-alkyl or cyclic N) is 1. The van der Waals surface area contributed by atoms with Crippen LogP contribution < -0.4 is 26.4 Å². The van der Waals surface area contributed by atoms with Gasteiger partial charge in [-0.2, -0.15) is 0 Å². The second kappa shape index (κ2) is 26.4. The number of anilines is 1. The molecule has 8 rings (SSSR count). The molecule has 20 heteroatoms. The molecule has 2 aliphatic heterocycles. The van der Waals surface area contributed by atoms with Crippen molar-refractivity contribution < 1.29 is 38.5 Å². The van der Waals surface area contributed by atoms with Gasteiger partial charge in [-0.3, -0.25) is 24.0 Å². The third kappa shape index (κ3) is 14.4. The van der Waals surface area contributed by atoms with E-state index >= 15 is 0 Å². The normalized spacial score (nSPS) is 16.6. The molecule has 0 spiro atoms. The predicted molar refractivity (Wildman–Crippen MR) is 308 cm³/mol. The van der Waals surface area contributed by atoms with E-state index in [2.05, 4.69) is 54.1 Å². The highest BCUT2D eigenvalue weighted by Gasteiger charge is 2.45. The maximum absolute atomic E-state index is 14.1. The van der Waals surface area contributed by atoms with E-state index in [0.717, 1.165) is 80.3 Å². The first-order valence-electron chi connectivity index (χ1n) is 27.5. The van der Waals surface area contributed by atoms with E-state index in [4.69, 9.17) is 14.2 Å². The van der Waals surface area contributed by atoms with Crippen molar-refractivity contribution in [2.24, 2.45) is 5.41 Å². The van der Waals surface area contributed by atoms with Gasteiger partial charge < -0.3 is 50.1 Å². The van der Waals surface area contributed by atoms with Crippen LogP contribution in [0.1, 0.15) is 104 Å². The number of nitrogens with one attached hydrogen (secondary N) is 4. The van der Waals surface area contributed by atoms with Gasteiger partial charge >= 0.3 is 0 Å². The minimum atomic E-state index is -0.995. The molecule has 4 atom stereocenters. The number of aliphatic hydroxyl groups excluding tert-OH is 1. The molecule has 2 saturated heterocycles. The number of ether oxygens (including phenoxy) is 3. The number of carbonyl (C=O) groups excluding carboxylic acids is 4. The summed E-state index contributed by atoms with van der Waals surface area (Å²) >= 11 is 1.57. The van der Waals surface area contributed by atoms with Gasteiger partial charge in [0, 0.05) is 73.4 Å². The fraction of sp³-hybridized carbons (Fsp3) is 0.467. The Balaban J connectivity index is 0.811. The number of hydrogen-bond acceptors (Lipinski definition) is 14. The summed E-state index contributed by atoms with van der Waals surface area (Å²) < 4.78 is 18.8. The lowest BCUT2D eigenvalue weighted by Gasteiger charge is -2.37. The average molecular weight is 1110 g/mol. The first kappa shape index (κ1) is 59.0. The van der Waals surface area contributed by atoms with Crippen LogP contribution in [0.3, 0.4) is 0 Å². The van der Waals surface area contributed by atoms with Crippen molar-refractivity contribution in [2.75, 3.05) is 57.6 Å².